The third-order valence-corrected chi connectivity index (χ3v) is 5.09. The van der Waals surface area contributed by atoms with Crippen molar-refractivity contribution in [1.29, 1.82) is 5.26 Å². The largest absolute Gasteiger partial charge is 0.383 e. The van der Waals surface area contributed by atoms with Gasteiger partial charge in [0.1, 0.15) is 17.9 Å². The highest BCUT2D eigenvalue weighted by Crippen LogP contribution is 2.26. The van der Waals surface area contributed by atoms with Crippen molar-refractivity contribution >= 4 is 28.2 Å². The number of nitriles is 1. The second-order valence-corrected chi connectivity index (χ2v) is 7.11. The lowest BCUT2D eigenvalue weighted by atomic mass is 10.1. The summed E-state index contributed by atoms with van der Waals surface area (Å²) in [7, 11) is 1.90. The molecule has 0 aliphatic carbocycles. The van der Waals surface area contributed by atoms with Crippen LogP contribution in [0.5, 0.6) is 0 Å². The van der Waals surface area contributed by atoms with Crippen LogP contribution < -0.4 is 11.1 Å². The number of hydrogen-bond acceptors (Lipinski definition) is 8. The average molecular weight is 378 g/mol. The summed E-state index contributed by atoms with van der Waals surface area (Å²) in [6.07, 6.45) is 1.93. The molecule has 0 radical (unpaired) electrons. The van der Waals surface area contributed by atoms with E-state index < -0.39 is 6.23 Å². The molecule has 0 saturated heterocycles. The molecule has 9 heteroatoms. The number of rotatable bonds is 3. The molecule has 0 aromatic carbocycles. The Labute approximate surface area is 162 Å². The third-order valence-electron chi connectivity index (χ3n) is 5.09. The molecule has 4 rings (SSSR count). The van der Waals surface area contributed by atoms with E-state index in [4.69, 9.17) is 11.0 Å². The summed E-state index contributed by atoms with van der Waals surface area (Å²) in [5.74, 6) is 1.32. The quantitative estimate of drug-likeness (QED) is 0.626. The fourth-order valence-electron chi connectivity index (χ4n) is 3.29. The van der Waals surface area contributed by atoms with Crippen molar-refractivity contribution in [3.05, 3.63) is 35.8 Å². The zero-order valence-electron chi connectivity index (χ0n) is 15.8. The fourth-order valence-corrected chi connectivity index (χ4v) is 3.29. The summed E-state index contributed by atoms with van der Waals surface area (Å²) in [5, 5.41) is 28.6. The minimum Gasteiger partial charge on any atom is -0.383 e. The number of hydrogen-bond donors (Lipinski definition) is 3. The Morgan fingerprint density at radius 2 is 2.18 bits per heavy atom. The van der Waals surface area contributed by atoms with Gasteiger partial charge in [0.15, 0.2) is 5.82 Å². The topological polar surface area (TPSA) is 129 Å². The van der Waals surface area contributed by atoms with E-state index in [2.05, 4.69) is 26.5 Å². The Kier molecular flexibility index (Phi) is 4.58. The maximum atomic E-state index is 10.1. The van der Waals surface area contributed by atoms with Crippen molar-refractivity contribution in [3.8, 4) is 6.07 Å². The molecule has 1 aliphatic rings. The smallest absolute Gasteiger partial charge is 0.153 e. The first-order valence-electron chi connectivity index (χ1n) is 9.12. The van der Waals surface area contributed by atoms with Gasteiger partial charge in [0.2, 0.25) is 0 Å². The standard InChI is InChI=1S/C19H22N8O/c1-11(8-20)15-5-12-6-16(22-9-14(12)19(21)23-15)24-17-7-13-3-4-26(2)18(28)10-27(13)25-17/h5-7,9,11,18,28H,3-4,10H2,1-2H3,(H2,21,23)(H,22,24,25)/t11-,18?/m0/s1. The Hall–Kier alpha value is -3.22. The first-order chi connectivity index (χ1) is 13.4. The maximum Gasteiger partial charge on any atom is 0.153 e. The Morgan fingerprint density at radius 3 is 2.96 bits per heavy atom. The van der Waals surface area contributed by atoms with Gasteiger partial charge in [-0.15, -0.1) is 0 Å². The van der Waals surface area contributed by atoms with Gasteiger partial charge in [-0.1, -0.05) is 0 Å². The molecule has 3 aromatic rings. The number of nitrogens with two attached hydrogens (primary N) is 1. The number of anilines is 3. The van der Waals surface area contributed by atoms with Gasteiger partial charge in [0.25, 0.3) is 0 Å². The molecule has 0 spiro atoms. The summed E-state index contributed by atoms with van der Waals surface area (Å²) in [4.78, 5) is 10.6. The SMILES string of the molecule is C[C@@H](C#N)c1cc2cc(Nc3cc4n(n3)CC(O)N(C)CC4)ncc2c(N)n1. The second kappa shape index (κ2) is 7.07. The molecular weight excluding hydrogens is 356 g/mol. The van der Waals surface area contributed by atoms with Crippen LogP contribution in [-0.2, 0) is 13.0 Å². The van der Waals surface area contributed by atoms with Gasteiger partial charge in [-0.3, -0.25) is 9.58 Å². The zero-order chi connectivity index (χ0) is 19.8. The van der Waals surface area contributed by atoms with Crippen LogP contribution in [0.2, 0.25) is 0 Å². The van der Waals surface area contributed by atoms with Crippen LogP contribution in [0.1, 0.15) is 24.2 Å². The summed E-state index contributed by atoms with van der Waals surface area (Å²) in [6, 6.07) is 7.89. The predicted molar refractivity (Wildman–Crippen MR) is 106 cm³/mol. The van der Waals surface area contributed by atoms with Gasteiger partial charge in [0.05, 0.1) is 24.2 Å². The summed E-state index contributed by atoms with van der Waals surface area (Å²) < 4.78 is 1.83. The molecule has 1 aliphatic heterocycles. The van der Waals surface area contributed by atoms with Gasteiger partial charge in [-0.25, -0.2) is 9.97 Å². The van der Waals surface area contributed by atoms with E-state index >= 15 is 0 Å². The van der Waals surface area contributed by atoms with E-state index in [9.17, 15) is 5.11 Å². The van der Waals surface area contributed by atoms with E-state index in [0.717, 1.165) is 29.4 Å². The number of likely N-dealkylation sites (N-methyl/N-ethyl adjacent to an activating group) is 1. The van der Waals surface area contributed by atoms with Crippen LogP contribution in [-0.4, -0.2) is 49.6 Å². The van der Waals surface area contributed by atoms with Crippen LogP contribution in [0.3, 0.4) is 0 Å². The number of aromatic nitrogens is 4. The van der Waals surface area contributed by atoms with Gasteiger partial charge in [0, 0.05) is 36.3 Å². The van der Waals surface area contributed by atoms with Crippen molar-refractivity contribution < 1.29 is 5.11 Å². The lowest BCUT2D eigenvalue weighted by Gasteiger charge is -2.19. The van der Waals surface area contributed by atoms with Gasteiger partial charge >= 0.3 is 0 Å². The van der Waals surface area contributed by atoms with Crippen LogP contribution in [0, 0.1) is 11.3 Å². The molecule has 0 bridgehead atoms. The number of fused-ring (bicyclic) bond motifs is 2. The second-order valence-electron chi connectivity index (χ2n) is 7.11. The first kappa shape index (κ1) is 18.2. The normalized spacial score (nSPS) is 18.3. The molecule has 3 aromatic heterocycles. The predicted octanol–water partition coefficient (Wildman–Crippen LogP) is 1.59. The monoisotopic (exact) mass is 378 g/mol. The Balaban J connectivity index is 1.63. The van der Waals surface area contributed by atoms with E-state index in [1.54, 1.807) is 13.1 Å². The molecule has 0 fully saturated rings. The lowest BCUT2D eigenvalue weighted by molar-refractivity contribution is 0.0137. The van der Waals surface area contributed by atoms with Crippen molar-refractivity contribution in [2.45, 2.75) is 32.0 Å². The van der Waals surface area contributed by atoms with Crippen LogP contribution >= 0.6 is 0 Å². The maximum absolute atomic E-state index is 10.1. The summed E-state index contributed by atoms with van der Waals surface area (Å²) >= 11 is 0. The van der Waals surface area contributed by atoms with Gasteiger partial charge in [-0.2, -0.15) is 10.4 Å². The average Bonchev–Trinajstić information content (AvgIpc) is 3.00. The lowest BCUT2D eigenvalue weighted by Crippen LogP contribution is -2.34. The van der Waals surface area contributed by atoms with Gasteiger partial charge < -0.3 is 16.2 Å². The highest BCUT2D eigenvalue weighted by atomic mass is 16.3. The summed E-state index contributed by atoms with van der Waals surface area (Å²) in [6.45, 7) is 2.99. The molecule has 144 valence electrons. The van der Waals surface area contributed by atoms with E-state index in [0.29, 0.717) is 29.7 Å². The Morgan fingerprint density at radius 1 is 1.36 bits per heavy atom. The molecular formula is C19H22N8O. The van der Waals surface area contributed by atoms with E-state index in [-0.39, 0.29) is 5.92 Å². The summed E-state index contributed by atoms with van der Waals surface area (Å²) in [5.41, 5.74) is 7.73. The fraction of sp³-hybridized carbons (Fsp3) is 0.368. The zero-order valence-corrected chi connectivity index (χ0v) is 15.8. The minimum atomic E-state index is -0.552. The molecule has 2 atom stereocenters. The molecule has 9 nitrogen and oxygen atoms in total. The molecule has 0 saturated carbocycles. The minimum absolute atomic E-state index is 0.343. The first-order valence-corrected chi connectivity index (χ1v) is 9.12. The van der Waals surface area contributed by atoms with Crippen LogP contribution in [0.4, 0.5) is 17.5 Å². The number of nitrogens with zero attached hydrogens (tertiary/aromatic N) is 6. The number of nitrogens with one attached hydrogen (secondary N) is 1. The highest BCUT2D eigenvalue weighted by molar-refractivity contribution is 5.92. The molecule has 4 N–H and O–H groups in total. The van der Waals surface area contributed by atoms with Crippen molar-refractivity contribution in [2.24, 2.45) is 0 Å². The third kappa shape index (κ3) is 3.35. The van der Waals surface area contributed by atoms with Crippen molar-refractivity contribution in [2.75, 3.05) is 24.6 Å². The Bertz CT molecular complexity index is 1070. The molecule has 4 heterocycles. The van der Waals surface area contributed by atoms with Gasteiger partial charge in [-0.05, 0) is 31.5 Å². The van der Waals surface area contributed by atoms with E-state index in [1.165, 1.54) is 0 Å². The van der Waals surface area contributed by atoms with Crippen LogP contribution in [0.15, 0.2) is 24.4 Å². The number of pyridine rings is 2. The van der Waals surface area contributed by atoms with Crippen molar-refractivity contribution in [3.63, 3.8) is 0 Å². The van der Waals surface area contributed by atoms with E-state index in [1.807, 2.05) is 34.8 Å². The highest BCUT2D eigenvalue weighted by Gasteiger charge is 2.20. The molecule has 28 heavy (non-hydrogen) atoms. The number of aliphatic hydroxyl groups is 1. The molecule has 1 unspecified atom stereocenters. The van der Waals surface area contributed by atoms with Crippen LogP contribution in [0.25, 0.3) is 10.8 Å². The number of aliphatic hydroxyl groups excluding tert-OH is 1. The van der Waals surface area contributed by atoms with Crippen molar-refractivity contribution in [1.82, 2.24) is 24.6 Å². The molecule has 0 amide bonds. The number of nitrogen functional groups attached to an aromatic ring is 1.